The molecule has 3 aromatic rings. The van der Waals surface area contributed by atoms with Crippen LogP contribution < -0.4 is 0 Å². The zero-order valence-corrected chi connectivity index (χ0v) is 14.5. The van der Waals surface area contributed by atoms with Crippen molar-refractivity contribution in [3.8, 4) is 16.9 Å². The van der Waals surface area contributed by atoms with Crippen molar-refractivity contribution in [3.63, 3.8) is 0 Å². The van der Waals surface area contributed by atoms with Gasteiger partial charge in [-0.15, -0.1) is 0 Å². The summed E-state index contributed by atoms with van der Waals surface area (Å²) < 4.78 is 1.89. The molecule has 1 saturated heterocycles. The average molecular weight is 347 g/mol. The molecule has 1 aromatic heterocycles. The Labute approximate surface area is 152 Å². The smallest absolute Gasteiger partial charge is 0.254 e. The summed E-state index contributed by atoms with van der Waals surface area (Å²) in [5, 5.41) is 13.7. The quantitative estimate of drug-likeness (QED) is 0.785. The molecule has 1 amide bonds. The van der Waals surface area contributed by atoms with Crippen molar-refractivity contribution in [1.82, 2.24) is 14.7 Å². The number of aromatic hydroxyl groups is 1. The molecule has 1 fully saturated rings. The second kappa shape index (κ2) is 7.04. The van der Waals surface area contributed by atoms with Crippen LogP contribution in [0, 0.1) is 0 Å². The molecule has 5 heteroatoms. The van der Waals surface area contributed by atoms with Crippen molar-refractivity contribution in [2.24, 2.45) is 0 Å². The van der Waals surface area contributed by atoms with Crippen LogP contribution in [0.4, 0.5) is 0 Å². The third kappa shape index (κ3) is 3.33. The number of likely N-dealkylation sites (tertiary alicyclic amines) is 1. The maximum atomic E-state index is 13.1. The Morgan fingerprint density at radius 1 is 1.12 bits per heavy atom. The molecule has 1 atom stereocenters. The van der Waals surface area contributed by atoms with E-state index in [0.717, 1.165) is 37.1 Å². The largest absolute Gasteiger partial charge is 0.508 e. The molecule has 0 bridgehead atoms. The summed E-state index contributed by atoms with van der Waals surface area (Å²) in [7, 11) is 0. The minimum atomic E-state index is 0.0697. The molecule has 0 aliphatic carbocycles. The van der Waals surface area contributed by atoms with Gasteiger partial charge in [0, 0.05) is 24.5 Å². The number of amides is 1. The van der Waals surface area contributed by atoms with Gasteiger partial charge in [0.15, 0.2) is 0 Å². The molecule has 5 nitrogen and oxygen atoms in total. The van der Waals surface area contributed by atoms with Crippen LogP contribution in [0.25, 0.3) is 11.1 Å². The number of rotatable bonds is 4. The molecule has 1 aliphatic rings. The predicted octanol–water partition coefficient (Wildman–Crippen LogP) is 3.56. The molecule has 2 heterocycles. The van der Waals surface area contributed by atoms with Crippen LogP contribution in [0.3, 0.4) is 0 Å². The van der Waals surface area contributed by atoms with Gasteiger partial charge in [-0.3, -0.25) is 9.48 Å². The van der Waals surface area contributed by atoms with Crippen LogP contribution in [-0.2, 0) is 6.54 Å². The molecule has 4 rings (SSSR count). The maximum Gasteiger partial charge on any atom is 0.254 e. The lowest BCUT2D eigenvalue weighted by Gasteiger charge is -2.25. The number of nitrogens with zero attached hydrogens (tertiary/aromatic N) is 3. The van der Waals surface area contributed by atoms with E-state index in [2.05, 4.69) is 5.10 Å². The van der Waals surface area contributed by atoms with Crippen molar-refractivity contribution in [3.05, 3.63) is 72.6 Å². The number of hydrogen-bond acceptors (Lipinski definition) is 3. The van der Waals surface area contributed by atoms with Crippen LogP contribution in [0.2, 0.25) is 0 Å². The lowest BCUT2D eigenvalue weighted by atomic mass is 10.0. The zero-order chi connectivity index (χ0) is 17.9. The Morgan fingerprint density at radius 3 is 2.73 bits per heavy atom. The highest BCUT2D eigenvalue weighted by Gasteiger charge is 2.29. The van der Waals surface area contributed by atoms with E-state index in [4.69, 9.17) is 0 Å². The maximum absolute atomic E-state index is 13.1. The van der Waals surface area contributed by atoms with E-state index in [0.29, 0.717) is 5.56 Å². The Hall–Kier alpha value is -3.08. The molecule has 0 radical (unpaired) electrons. The van der Waals surface area contributed by atoms with Crippen LogP contribution in [0.1, 0.15) is 23.2 Å². The first-order valence-corrected chi connectivity index (χ1v) is 8.88. The van der Waals surface area contributed by atoms with Gasteiger partial charge in [0.25, 0.3) is 5.91 Å². The van der Waals surface area contributed by atoms with Gasteiger partial charge in [0.2, 0.25) is 0 Å². The van der Waals surface area contributed by atoms with E-state index in [1.165, 1.54) is 0 Å². The second-order valence-corrected chi connectivity index (χ2v) is 6.65. The van der Waals surface area contributed by atoms with Gasteiger partial charge in [-0.1, -0.05) is 24.3 Å². The van der Waals surface area contributed by atoms with Crippen molar-refractivity contribution >= 4 is 5.91 Å². The van der Waals surface area contributed by atoms with Crippen molar-refractivity contribution in [2.75, 3.05) is 6.54 Å². The van der Waals surface area contributed by atoms with Crippen molar-refractivity contribution in [2.45, 2.75) is 25.4 Å². The van der Waals surface area contributed by atoms with E-state index in [-0.39, 0.29) is 17.7 Å². The summed E-state index contributed by atoms with van der Waals surface area (Å²) in [6.45, 7) is 1.52. The fraction of sp³-hybridized carbons (Fsp3) is 0.238. The Kier molecular flexibility index (Phi) is 4.44. The van der Waals surface area contributed by atoms with Crippen LogP contribution >= 0.6 is 0 Å². The third-order valence-corrected chi connectivity index (χ3v) is 4.91. The van der Waals surface area contributed by atoms with Gasteiger partial charge in [-0.05, 0) is 54.3 Å². The number of aromatic nitrogens is 2. The van der Waals surface area contributed by atoms with Gasteiger partial charge >= 0.3 is 0 Å². The molecule has 0 saturated carbocycles. The summed E-state index contributed by atoms with van der Waals surface area (Å²) in [5.74, 6) is 0.305. The summed E-state index contributed by atoms with van der Waals surface area (Å²) in [5.41, 5.74) is 2.65. The highest BCUT2D eigenvalue weighted by molar-refractivity contribution is 5.95. The standard InChI is InChI=1S/C21H21N3O2/c25-20-9-7-16(8-10-20)17-4-1-5-18(14-17)21(26)24-13-2-6-19(24)15-23-12-3-11-22-23/h1,3-5,7-12,14,19,25H,2,6,13,15H2. The van der Waals surface area contributed by atoms with Gasteiger partial charge in [0.05, 0.1) is 12.6 Å². The lowest BCUT2D eigenvalue weighted by Crippen LogP contribution is -2.38. The number of phenols is 1. The predicted molar refractivity (Wildman–Crippen MR) is 99.8 cm³/mol. The molecule has 1 aliphatic heterocycles. The third-order valence-electron chi connectivity index (χ3n) is 4.91. The lowest BCUT2D eigenvalue weighted by molar-refractivity contribution is 0.0721. The van der Waals surface area contributed by atoms with Gasteiger partial charge < -0.3 is 10.0 Å². The summed E-state index contributed by atoms with van der Waals surface area (Å²) in [6.07, 6.45) is 5.73. The van der Waals surface area contributed by atoms with Crippen molar-refractivity contribution < 1.29 is 9.90 Å². The highest BCUT2D eigenvalue weighted by Crippen LogP contribution is 2.25. The van der Waals surface area contributed by atoms with Crippen LogP contribution in [0.15, 0.2) is 67.0 Å². The molecule has 0 spiro atoms. The van der Waals surface area contributed by atoms with Crippen LogP contribution in [0.5, 0.6) is 5.75 Å². The SMILES string of the molecule is O=C(c1cccc(-c2ccc(O)cc2)c1)N1CCCC1Cn1cccn1. The normalized spacial score (nSPS) is 16.8. The molecule has 26 heavy (non-hydrogen) atoms. The van der Waals surface area contributed by atoms with E-state index in [9.17, 15) is 9.90 Å². The first-order chi connectivity index (χ1) is 12.7. The fourth-order valence-electron chi connectivity index (χ4n) is 3.57. The topological polar surface area (TPSA) is 58.4 Å². The summed E-state index contributed by atoms with van der Waals surface area (Å²) in [6, 6.07) is 16.8. The summed E-state index contributed by atoms with van der Waals surface area (Å²) in [4.78, 5) is 15.0. The Balaban J connectivity index is 1.55. The van der Waals surface area contributed by atoms with E-state index in [1.807, 2.05) is 58.2 Å². The highest BCUT2D eigenvalue weighted by atomic mass is 16.3. The number of phenolic OH excluding ortho intramolecular Hbond substituents is 1. The molecular formula is C21H21N3O2. The molecular weight excluding hydrogens is 326 g/mol. The minimum Gasteiger partial charge on any atom is -0.508 e. The molecule has 1 unspecified atom stereocenters. The molecule has 1 N–H and O–H groups in total. The van der Waals surface area contributed by atoms with Gasteiger partial charge in [0.1, 0.15) is 5.75 Å². The number of carbonyl (C=O) groups is 1. The molecule has 2 aromatic carbocycles. The van der Waals surface area contributed by atoms with E-state index < -0.39 is 0 Å². The zero-order valence-electron chi connectivity index (χ0n) is 14.5. The first-order valence-electron chi connectivity index (χ1n) is 8.88. The van der Waals surface area contributed by atoms with Gasteiger partial charge in [-0.2, -0.15) is 5.10 Å². The number of hydrogen-bond donors (Lipinski definition) is 1. The first kappa shape index (κ1) is 16.4. The minimum absolute atomic E-state index is 0.0697. The molecule has 132 valence electrons. The van der Waals surface area contributed by atoms with E-state index in [1.54, 1.807) is 18.3 Å². The monoisotopic (exact) mass is 347 g/mol. The Bertz CT molecular complexity index is 888. The second-order valence-electron chi connectivity index (χ2n) is 6.65. The number of carbonyl (C=O) groups excluding carboxylic acids is 1. The van der Waals surface area contributed by atoms with E-state index >= 15 is 0 Å². The number of benzene rings is 2. The summed E-state index contributed by atoms with van der Waals surface area (Å²) >= 11 is 0. The fourth-order valence-corrected chi connectivity index (χ4v) is 3.57. The van der Waals surface area contributed by atoms with Gasteiger partial charge in [-0.25, -0.2) is 0 Å². The van der Waals surface area contributed by atoms with Crippen LogP contribution in [-0.4, -0.2) is 38.3 Å². The van der Waals surface area contributed by atoms with Crippen molar-refractivity contribution in [1.29, 1.82) is 0 Å². The Morgan fingerprint density at radius 2 is 1.96 bits per heavy atom. The average Bonchev–Trinajstić information content (AvgIpc) is 3.34.